The van der Waals surface area contributed by atoms with Crippen LogP contribution in [0.2, 0.25) is 0 Å². The number of β-amino-alcohol motifs (C(OH)–C–C–N with tert-alkyl or cyclic N) is 1. The third-order valence-electron chi connectivity index (χ3n) is 4.24. The van der Waals surface area contributed by atoms with Crippen molar-refractivity contribution in [3.63, 3.8) is 0 Å². The van der Waals surface area contributed by atoms with Crippen molar-refractivity contribution in [1.82, 2.24) is 15.1 Å². The second-order valence-electron chi connectivity index (χ2n) is 5.80. The average molecular weight is 271 g/mol. The number of rotatable bonds is 8. The number of hydrogen-bond acceptors (Lipinski definition) is 5. The van der Waals surface area contributed by atoms with E-state index in [1.807, 2.05) is 0 Å². The lowest BCUT2D eigenvalue weighted by Gasteiger charge is -2.24. The summed E-state index contributed by atoms with van der Waals surface area (Å²) in [5.41, 5.74) is 0. The molecule has 2 aliphatic rings. The summed E-state index contributed by atoms with van der Waals surface area (Å²) in [4.78, 5) is 5.04. The van der Waals surface area contributed by atoms with Gasteiger partial charge >= 0.3 is 0 Å². The van der Waals surface area contributed by atoms with E-state index < -0.39 is 0 Å². The van der Waals surface area contributed by atoms with Gasteiger partial charge in [0, 0.05) is 39.3 Å². The van der Waals surface area contributed by atoms with Gasteiger partial charge in [-0.2, -0.15) is 0 Å². The van der Waals surface area contributed by atoms with Crippen LogP contribution in [0.25, 0.3) is 0 Å². The molecule has 2 unspecified atom stereocenters. The minimum absolute atomic E-state index is 0.269. The summed E-state index contributed by atoms with van der Waals surface area (Å²) in [6.45, 7) is 7.79. The quantitative estimate of drug-likeness (QED) is 0.596. The van der Waals surface area contributed by atoms with E-state index in [1.54, 1.807) is 7.11 Å². The van der Waals surface area contributed by atoms with Crippen LogP contribution in [0.5, 0.6) is 0 Å². The van der Waals surface area contributed by atoms with Gasteiger partial charge in [-0.3, -0.25) is 9.80 Å². The zero-order valence-electron chi connectivity index (χ0n) is 12.2. The molecule has 2 heterocycles. The molecule has 5 heteroatoms. The van der Waals surface area contributed by atoms with Crippen LogP contribution in [0.15, 0.2) is 0 Å². The highest BCUT2D eigenvalue weighted by Gasteiger charge is 2.29. The van der Waals surface area contributed by atoms with Gasteiger partial charge in [-0.15, -0.1) is 0 Å². The van der Waals surface area contributed by atoms with E-state index in [4.69, 9.17) is 4.74 Å². The molecule has 2 aliphatic heterocycles. The number of aliphatic hydroxyl groups is 1. The largest absolute Gasteiger partial charge is 0.390 e. The number of methoxy groups -OCH3 is 1. The van der Waals surface area contributed by atoms with Crippen LogP contribution < -0.4 is 5.32 Å². The Morgan fingerprint density at radius 1 is 1.32 bits per heavy atom. The third-order valence-corrected chi connectivity index (χ3v) is 4.24. The number of likely N-dealkylation sites (tertiary alicyclic amines) is 2. The molecule has 0 aromatic rings. The molecule has 112 valence electrons. The first-order valence-electron chi connectivity index (χ1n) is 7.63. The molecule has 0 bridgehead atoms. The van der Waals surface area contributed by atoms with Crippen molar-refractivity contribution in [2.24, 2.45) is 0 Å². The standard InChI is InChI=1S/C14H29N3O2/c1-19-9-5-15-10-14(18)12-16-8-4-13(11-16)17-6-2-3-7-17/h13-15,18H,2-12H2,1H3. The molecule has 0 aromatic carbocycles. The molecule has 2 rings (SSSR count). The van der Waals surface area contributed by atoms with Crippen molar-refractivity contribution in [3.05, 3.63) is 0 Å². The molecule has 0 aromatic heterocycles. The summed E-state index contributed by atoms with van der Waals surface area (Å²) >= 11 is 0. The van der Waals surface area contributed by atoms with Gasteiger partial charge in [0.05, 0.1) is 12.7 Å². The molecule has 0 amide bonds. The highest BCUT2D eigenvalue weighted by molar-refractivity contribution is 4.86. The van der Waals surface area contributed by atoms with Crippen molar-refractivity contribution in [2.75, 3.05) is 59.5 Å². The van der Waals surface area contributed by atoms with E-state index in [2.05, 4.69) is 15.1 Å². The van der Waals surface area contributed by atoms with Crippen LogP contribution >= 0.6 is 0 Å². The highest BCUT2D eigenvalue weighted by Crippen LogP contribution is 2.20. The van der Waals surface area contributed by atoms with Gasteiger partial charge in [-0.1, -0.05) is 0 Å². The molecule has 2 fully saturated rings. The first-order valence-corrected chi connectivity index (χ1v) is 7.63. The molecule has 0 radical (unpaired) electrons. The summed E-state index contributed by atoms with van der Waals surface area (Å²) in [5.74, 6) is 0. The average Bonchev–Trinajstić information content (AvgIpc) is 3.04. The van der Waals surface area contributed by atoms with Crippen LogP contribution in [-0.4, -0.2) is 86.6 Å². The Balaban J connectivity index is 1.58. The maximum atomic E-state index is 10.0. The van der Waals surface area contributed by atoms with Crippen LogP contribution in [0.1, 0.15) is 19.3 Å². The molecule has 19 heavy (non-hydrogen) atoms. The van der Waals surface area contributed by atoms with Gasteiger partial charge in [0.15, 0.2) is 0 Å². The summed E-state index contributed by atoms with van der Waals surface area (Å²) in [7, 11) is 1.70. The van der Waals surface area contributed by atoms with Gasteiger partial charge in [-0.25, -0.2) is 0 Å². The smallest absolute Gasteiger partial charge is 0.0791 e. The van der Waals surface area contributed by atoms with E-state index in [0.717, 1.165) is 32.2 Å². The van der Waals surface area contributed by atoms with E-state index in [1.165, 1.54) is 32.4 Å². The summed E-state index contributed by atoms with van der Waals surface area (Å²) in [6, 6.07) is 0.733. The normalized spacial score (nSPS) is 27.2. The maximum Gasteiger partial charge on any atom is 0.0791 e. The van der Waals surface area contributed by atoms with Crippen LogP contribution in [0, 0.1) is 0 Å². The van der Waals surface area contributed by atoms with Crippen molar-refractivity contribution in [3.8, 4) is 0 Å². The van der Waals surface area contributed by atoms with Crippen LogP contribution in [0.4, 0.5) is 0 Å². The molecule has 5 nitrogen and oxygen atoms in total. The monoisotopic (exact) mass is 271 g/mol. The Morgan fingerprint density at radius 3 is 2.84 bits per heavy atom. The molecule has 0 aliphatic carbocycles. The Hall–Kier alpha value is -0.200. The third kappa shape index (κ3) is 5.00. The number of aliphatic hydroxyl groups excluding tert-OH is 1. The van der Waals surface area contributed by atoms with E-state index in [-0.39, 0.29) is 6.10 Å². The molecular weight excluding hydrogens is 242 g/mol. The predicted molar refractivity (Wildman–Crippen MR) is 76.4 cm³/mol. The zero-order valence-corrected chi connectivity index (χ0v) is 12.2. The van der Waals surface area contributed by atoms with Crippen molar-refractivity contribution >= 4 is 0 Å². The van der Waals surface area contributed by atoms with Crippen LogP contribution in [0.3, 0.4) is 0 Å². The maximum absolute atomic E-state index is 10.0. The Kier molecular flexibility index (Phi) is 6.53. The van der Waals surface area contributed by atoms with E-state index in [0.29, 0.717) is 13.2 Å². The van der Waals surface area contributed by atoms with Crippen molar-refractivity contribution in [2.45, 2.75) is 31.4 Å². The second-order valence-corrected chi connectivity index (χ2v) is 5.80. The number of hydrogen-bond donors (Lipinski definition) is 2. The van der Waals surface area contributed by atoms with Crippen LogP contribution in [-0.2, 0) is 4.74 Å². The molecule has 2 atom stereocenters. The molecule has 2 saturated heterocycles. The van der Waals surface area contributed by atoms with Gasteiger partial charge in [0.2, 0.25) is 0 Å². The lowest BCUT2D eigenvalue weighted by atomic mass is 10.2. The minimum atomic E-state index is -0.269. The fourth-order valence-electron chi connectivity index (χ4n) is 3.19. The molecule has 2 N–H and O–H groups in total. The first kappa shape index (κ1) is 15.2. The minimum Gasteiger partial charge on any atom is -0.390 e. The summed E-state index contributed by atoms with van der Waals surface area (Å²) in [5, 5.41) is 13.2. The van der Waals surface area contributed by atoms with E-state index in [9.17, 15) is 5.11 Å². The Bertz CT molecular complexity index is 247. The predicted octanol–water partition coefficient (Wildman–Crippen LogP) is -0.247. The Morgan fingerprint density at radius 2 is 2.11 bits per heavy atom. The summed E-state index contributed by atoms with van der Waals surface area (Å²) in [6.07, 6.45) is 3.73. The summed E-state index contributed by atoms with van der Waals surface area (Å²) < 4.78 is 4.97. The zero-order chi connectivity index (χ0) is 13.5. The van der Waals surface area contributed by atoms with E-state index >= 15 is 0 Å². The lowest BCUT2D eigenvalue weighted by molar-refractivity contribution is 0.115. The lowest BCUT2D eigenvalue weighted by Crippen LogP contribution is -2.40. The van der Waals surface area contributed by atoms with Gasteiger partial charge in [0.25, 0.3) is 0 Å². The van der Waals surface area contributed by atoms with Crippen molar-refractivity contribution < 1.29 is 9.84 Å². The van der Waals surface area contributed by atoms with Gasteiger partial charge in [-0.05, 0) is 38.9 Å². The number of ether oxygens (including phenoxy) is 1. The molecular formula is C14H29N3O2. The van der Waals surface area contributed by atoms with Gasteiger partial charge < -0.3 is 15.2 Å². The topological polar surface area (TPSA) is 48.0 Å². The fraction of sp³-hybridized carbons (Fsp3) is 1.00. The molecule has 0 spiro atoms. The number of nitrogens with one attached hydrogen (secondary N) is 1. The SMILES string of the molecule is COCCNCC(O)CN1CCC(N2CCCC2)C1. The first-order chi connectivity index (χ1) is 9.29. The highest BCUT2D eigenvalue weighted by atomic mass is 16.5. The van der Waals surface area contributed by atoms with Gasteiger partial charge in [0.1, 0.15) is 0 Å². The fourth-order valence-corrected chi connectivity index (χ4v) is 3.19. The Labute approximate surface area is 116 Å². The van der Waals surface area contributed by atoms with Crippen molar-refractivity contribution in [1.29, 1.82) is 0 Å². The number of nitrogens with zero attached hydrogens (tertiary/aromatic N) is 2. The molecule has 0 saturated carbocycles. The second kappa shape index (κ2) is 8.17.